The molecule has 1 aliphatic heterocycles. The first kappa shape index (κ1) is 24.8. The molecule has 3 aromatic carbocycles. The maximum atomic E-state index is 13.0. The lowest BCUT2D eigenvalue weighted by atomic mass is 9.94. The third kappa shape index (κ3) is 5.68. The fourth-order valence-electron chi connectivity index (χ4n) is 4.01. The summed E-state index contributed by atoms with van der Waals surface area (Å²) in [5.41, 5.74) is 2.64. The molecule has 4 N–H and O–H groups in total. The van der Waals surface area contributed by atoms with E-state index in [-0.39, 0.29) is 12.5 Å². The van der Waals surface area contributed by atoms with Gasteiger partial charge in [-0.15, -0.1) is 0 Å². The van der Waals surface area contributed by atoms with Crippen molar-refractivity contribution in [1.29, 1.82) is 0 Å². The van der Waals surface area contributed by atoms with Crippen LogP contribution in [0.2, 0.25) is 0 Å². The molecule has 0 radical (unpaired) electrons. The number of carbonyl (C=O) groups excluding carboxylic acids is 2. The van der Waals surface area contributed by atoms with Gasteiger partial charge in [-0.2, -0.15) is 0 Å². The first-order valence-corrected chi connectivity index (χ1v) is 11.2. The van der Waals surface area contributed by atoms with Crippen molar-refractivity contribution in [2.24, 2.45) is 0 Å². The Morgan fingerprint density at radius 1 is 1.08 bits per heavy atom. The van der Waals surface area contributed by atoms with Crippen molar-refractivity contribution in [2.75, 3.05) is 19.2 Å². The van der Waals surface area contributed by atoms with E-state index in [9.17, 15) is 14.7 Å². The topological polar surface area (TPSA) is 136 Å². The van der Waals surface area contributed by atoms with E-state index < -0.39 is 24.2 Å². The molecule has 36 heavy (non-hydrogen) atoms. The standard InChI is InChI=1S/C26H26N2O8/c1-33-22(8-4-5-9-24(30)28-32)25(19-11-12-20(29)18-7-3-2-6-17(18)19)36-26(31)27-16-10-13-21-23(14-16)35-15-34-21/h2-3,5-7,9-14,22,25,29,32H,4,8,15H2,1H3,(H,27,31)(H,28,30)/b9-5+/t22-,25-/m0/s1. The Balaban J connectivity index is 1.60. The van der Waals surface area contributed by atoms with Crippen molar-refractivity contribution >= 4 is 28.5 Å². The summed E-state index contributed by atoms with van der Waals surface area (Å²) in [6.45, 7) is 0.114. The number of hydrogen-bond acceptors (Lipinski definition) is 8. The van der Waals surface area contributed by atoms with Gasteiger partial charge >= 0.3 is 6.09 Å². The third-order valence-electron chi connectivity index (χ3n) is 5.73. The highest BCUT2D eigenvalue weighted by Gasteiger charge is 2.29. The molecule has 1 heterocycles. The molecule has 0 fully saturated rings. The van der Waals surface area contributed by atoms with Gasteiger partial charge in [0.15, 0.2) is 17.6 Å². The Morgan fingerprint density at radius 3 is 2.64 bits per heavy atom. The molecule has 2 atom stereocenters. The van der Waals surface area contributed by atoms with Crippen LogP contribution >= 0.6 is 0 Å². The van der Waals surface area contributed by atoms with Crippen molar-refractivity contribution in [3.05, 3.63) is 72.3 Å². The SMILES string of the molecule is CO[C@@H](CC/C=C/C(=O)NO)[C@@H](OC(=O)Nc1ccc2c(c1)OCO2)c1ccc(O)c2ccccc12. The van der Waals surface area contributed by atoms with E-state index in [4.69, 9.17) is 24.2 Å². The van der Waals surface area contributed by atoms with Gasteiger partial charge in [0.1, 0.15) is 5.75 Å². The summed E-state index contributed by atoms with van der Waals surface area (Å²) in [4.78, 5) is 24.2. The summed E-state index contributed by atoms with van der Waals surface area (Å²) >= 11 is 0. The molecular weight excluding hydrogens is 468 g/mol. The smallest absolute Gasteiger partial charge is 0.412 e. The van der Waals surface area contributed by atoms with Crippen molar-refractivity contribution in [1.82, 2.24) is 5.48 Å². The number of nitrogens with one attached hydrogen (secondary N) is 2. The molecule has 0 spiro atoms. The Morgan fingerprint density at radius 2 is 1.86 bits per heavy atom. The Kier molecular flexibility index (Phi) is 7.89. The molecule has 0 aliphatic carbocycles. The first-order valence-electron chi connectivity index (χ1n) is 11.2. The monoisotopic (exact) mass is 494 g/mol. The van der Waals surface area contributed by atoms with Crippen molar-refractivity contribution in [3.8, 4) is 17.2 Å². The lowest BCUT2D eigenvalue weighted by Gasteiger charge is -2.27. The van der Waals surface area contributed by atoms with Crippen LogP contribution in [0.3, 0.4) is 0 Å². The van der Waals surface area contributed by atoms with E-state index in [0.29, 0.717) is 46.4 Å². The maximum Gasteiger partial charge on any atom is 0.412 e. The summed E-state index contributed by atoms with van der Waals surface area (Å²) in [5, 5.41) is 23.0. The van der Waals surface area contributed by atoms with Crippen LogP contribution in [0.25, 0.3) is 10.8 Å². The highest BCUT2D eigenvalue weighted by Crippen LogP contribution is 2.37. The second-order valence-electron chi connectivity index (χ2n) is 7.97. The van der Waals surface area contributed by atoms with E-state index >= 15 is 0 Å². The number of carbonyl (C=O) groups is 2. The quantitative estimate of drug-likeness (QED) is 0.195. The van der Waals surface area contributed by atoms with Crippen LogP contribution in [-0.2, 0) is 14.3 Å². The van der Waals surface area contributed by atoms with Crippen molar-refractivity contribution in [3.63, 3.8) is 0 Å². The fourth-order valence-corrected chi connectivity index (χ4v) is 4.01. The normalized spacial score (nSPS) is 13.9. The zero-order valence-electron chi connectivity index (χ0n) is 19.5. The lowest BCUT2D eigenvalue weighted by Crippen LogP contribution is -2.28. The largest absolute Gasteiger partial charge is 0.507 e. The lowest BCUT2D eigenvalue weighted by molar-refractivity contribution is -0.124. The molecule has 0 saturated heterocycles. The number of hydrogen-bond donors (Lipinski definition) is 4. The van der Waals surface area contributed by atoms with Gasteiger partial charge in [0.2, 0.25) is 6.79 Å². The number of methoxy groups -OCH3 is 1. The zero-order chi connectivity index (χ0) is 25.5. The number of fused-ring (bicyclic) bond motifs is 2. The van der Waals surface area contributed by atoms with Crippen molar-refractivity contribution < 1.29 is 38.9 Å². The van der Waals surface area contributed by atoms with Gasteiger partial charge in [0.25, 0.3) is 5.91 Å². The Bertz CT molecular complexity index is 1280. The summed E-state index contributed by atoms with van der Waals surface area (Å²) in [6, 6.07) is 15.5. The summed E-state index contributed by atoms with van der Waals surface area (Å²) in [7, 11) is 1.50. The molecule has 10 heteroatoms. The van der Waals surface area contributed by atoms with Gasteiger partial charge in [-0.05, 0) is 36.4 Å². The van der Waals surface area contributed by atoms with E-state index in [1.807, 2.05) is 12.1 Å². The third-order valence-corrected chi connectivity index (χ3v) is 5.73. The minimum absolute atomic E-state index is 0.102. The van der Waals surface area contributed by atoms with Gasteiger partial charge in [-0.1, -0.05) is 36.4 Å². The summed E-state index contributed by atoms with van der Waals surface area (Å²) < 4.78 is 22.2. The number of ether oxygens (including phenoxy) is 4. The summed E-state index contributed by atoms with van der Waals surface area (Å²) in [5.74, 6) is 0.557. The molecule has 4 rings (SSSR count). The number of phenolic OH excluding ortho intramolecular Hbond substituents is 1. The minimum Gasteiger partial charge on any atom is -0.507 e. The minimum atomic E-state index is -0.852. The number of aromatic hydroxyl groups is 1. The molecule has 0 bridgehead atoms. The van der Waals surface area contributed by atoms with Gasteiger partial charge in [-0.25, -0.2) is 10.3 Å². The predicted octanol–water partition coefficient (Wildman–Crippen LogP) is 4.42. The van der Waals surface area contributed by atoms with E-state index in [0.717, 1.165) is 0 Å². The van der Waals surface area contributed by atoms with Gasteiger partial charge < -0.3 is 24.1 Å². The summed E-state index contributed by atoms with van der Waals surface area (Å²) in [6.07, 6.45) is 1.42. The zero-order valence-corrected chi connectivity index (χ0v) is 19.5. The molecule has 0 unspecified atom stereocenters. The second-order valence-corrected chi connectivity index (χ2v) is 7.97. The first-order chi connectivity index (χ1) is 17.5. The maximum absolute atomic E-state index is 13.0. The van der Waals surface area contributed by atoms with Crippen LogP contribution in [0.4, 0.5) is 10.5 Å². The second kappa shape index (κ2) is 11.4. The number of amides is 2. The highest BCUT2D eigenvalue weighted by molar-refractivity contribution is 5.92. The molecule has 3 aromatic rings. The number of phenols is 1. The molecule has 0 saturated carbocycles. The van der Waals surface area contributed by atoms with Gasteiger partial charge in [-0.3, -0.25) is 15.3 Å². The van der Waals surface area contributed by atoms with Crippen LogP contribution in [0.1, 0.15) is 24.5 Å². The number of anilines is 1. The number of hydroxylamine groups is 1. The highest BCUT2D eigenvalue weighted by atomic mass is 16.7. The number of benzene rings is 3. The molecule has 0 aromatic heterocycles. The average Bonchev–Trinajstić information content (AvgIpc) is 3.36. The van der Waals surface area contributed by atoms with Crippen LogP contribution < -0.4 is 20.3 Å². The Hall–Kier alpha value is -4.28. The predicted molar refractivity (Wildman–Crippen MR) is 130 cm³/mol. The average molecular weight is 495 g/mol. The number of allylic oxidation sites excluding steroid dienone is 1. The molecule has 188 valence electrons. The molecular formula is C26H26N2O8. The number of rotatable bonds is 9. The molecule has 2 amide bonds. The molecule has 10 nitrogen and oxygen atoms in total. The van der Waals surface area contributed by atoms with E-state index in [1.54, 1.807) is 48.5 Å². The van der Waals surface area contributed by atoms with Crippen LogP contribution in [0.15, 0.2) is 66.7 Å². The van der Waals surface area contributed by atoms with Gasteiger partial charge in [0.05, 0.1) is 6.10 Å². The Labute approximate surface area is 207 Å². The van der Waals surface area contributed by atoms with Crippen LogP contribution in [0.5, 0.6) is 17.2 Å². The van der Waals surface area contributed by atoms with Gasteiger partial charge in [0, 0.05) is 35.9 Å². The van der Waals surface area contributed by atoms with Crippen LogP contribution in [-0.4, -0.2) is 42.3 Å². The fraction of sp³-hybridized carbons (Fsp3) is 0.231. The van der Waals surface area contributed by atoms with Crippen LogP contribution in [0, 0.1) is 0 Å². The van der Waals surface area contributed by atoms with Crippen molar-refractivity contribution in [2.45, 2.75) is 25.0 Å². The molecule has 1 aliphatic rings. The van der Waals surface area contributed by atoms with E-state index in [1.165, 1.54) is 18.7 Å². The van der Waals surface area contributed by atoms with E-state index in [2.05, 4.69) is 5.32 Å².